The molecule has 5 heteroatoms. The lowest BCUT2D eigenvalue weighted by molar-refractivity contribution is 0.0654. The molecule has 1 aromatic heterocycles. The monoisotopic (exact) mass is 236 g/mol. The molecular formula is C12H20N4O. The molecule has 1 atom stereocenters. The summed E-state index contributed by atoms with van der Waals surface area (Å²) in [6.07, 6.45) is 2.62. The van der Waals surface area contributed by atoms with Gasteiger partial charge >= 0.3 is 0 Å². The molecule has 2 heterocycles. The lowest BCUT2D eigenvalue weighted by Gasteiger charge is -2.33. The molecule has 0 spiro atoms. The van der Waals surface area contributed by atoms with Crippen LogP contribution in [-0.2, 0) is 13.5 Å². The molecule has 0 radical (unpaired) electrons. The first-order chi connectivity index (χ1) is 8.13. The van der Waals surface area contributed by atoms with Gasteiger partial charge in [0, 0.05) is 38.9 Å². The molecule has 1 aromatic rings. The topological polar surface area (TPSA) is 50.2 Å². The van der Waals surface area contributed by atoms with Gasteiger partial charge in [0.15, 0.2) is 0 Å². The van der Waals surface area contributed by atoms with Gasteiger partial charge in [0.1, 0.15) is 0 Å². The van der Waals surface area contributed by atoms with Crippen LogP contribution in [0.3, 0.4) is 0 Å². The van der Waals surface area contributed by atoms with Crippen molar-refractivity contribution < 1.29 is 4.79 Å². The maximum Gasteiger partial charge on any atom is 0.257 e. The van der Waals surface area contributed by atoms with Gasteiger partial charge in [-0.25, -0.2) is 0 Å². The van der Waals surface area contributed by atoms with Gasteiger partial charge in [-0.1, -0.05) is 6.92 Å². The Balaban J connectivity index is 2.23. The van der Waals surface area contributed by atoms with Crippen molar-refractivity contribution in [2.24, 2.45) is 7.05 Å². The SMILES string of the molecule is CCc1nn(C)cc1C(=O)N1CCNC[C@H]1C. The Morgan fingerprint density at radius 2 is 2.41 bits per heavy atom. The van der Waals surface area contributed by atoms with E-state index in [4.69, 9.17) is 0 Å². The van der Waals surface area contributed by atoms with Gasteiger partial charge in [-0.05, 0) is 13.3 Å². The van der Waals surface area contributed by atoms with Gasteiger partial charge in [0.05, 0.1) is 11.3 Å². The van der Waals surface area contributed by atoms with E-state index in [1.807, 2.05) is 25.1 Å². The number of nitrogens with one attached hydrogen (secondary N) is 1. The number of piperazine rings is 1. The van der Waals surface area contributed by atoms with Crippen LogP contribution in [-0.4, -0.2) is 46.3 Å². The van der Waals surface area contributed by atoms with Crippen LogP contribution in [0.4, 0.5) is 0 Å². The largest absolute Gasteiger partial charge is 0.333 e. The third-order valence-corrected chi connectivity index (χ3v) is 3.23. The predicted molar refractivity (Wildman–Crippen MR) is 66.0 cm³/mol. The molecule has 2 rings (SSSR count). The Kier molecular flexibility index (Phi) is 3.47. The summed E-state index contributed by atoms with van der Waals surface area (Å²) >= 11 is 0. The Bertz CT molecular complexity index is 413. The molecule has 0 saturated carbocycles. The zero-order valence-corrected chi connectivity index (χ0v) is 10.7. The van der Waals surface area contributed by atoms with E-state index >= 15 is 0 Å². The zero-order chi connectivity index (χ0) is 12.4. The molecule has 0 unspecified atom stereocenters. The van der Waals surface area contributed by atoms with Crippen LogP contribution < -0.4 is 5.32 Å². The second kappa shape index (κ2) is 4.87. The summed E-state index contributed by atoms with van der Waals surface area (Å²) in [4.78, 5) is 14.4. The number of hydrogen-bond donors (Lipinski definition) is 1. The van der Waals surface area contributed by atoms with Crippen LogP contribution in [0.1, 0.15) is 29.9 Å². The fourth-order valence-corrected chi connectivity index (χ4v) is 2.27. The molecule has 0 aromatic carbocycles. The van der Waals surface area contributed by atoms with E-state index in [2.05, 4.69) is 17.3 Å². The fraction of sp³-hybridized carbons (Fsp3) is 0.667. The van der Waals surface area contributed by atoms with Crippen LogP contribution >= 0.6 is 0 Å². The molecule has 1 fully saturated rings. The first-order valence-electron chi connectivity index (χ1n) is 6.17. The highest BCUT2D eigenvalue weighted by Crippen LogP contribution is 2.14. The highest BCUT2D eigenvalue weighted by Gasteiger charge is 2.26. The minimum atomic E-state index is 0.115. The first kappa shape index (κ1) is 12.1. The standard InChI is InChI=1S/C12H20N4O/c1-4-11-10(8-15(3)14-11)12(17)16-6-5-13-7-9(16)2/h8-9,13H,4-7H2,1-3H3/t9-/m1/s1. The fourth-order valence-electron chi connectivity index (χ4n) is 2.27. The molecule has 1 aliphatic heterocycles. The maximum atomic E-state index is 12.4. The number of amides is 1. The molecule has 1 saturated heterocycles. The lowest BCUT2D eigenvalue weighted by Crippen LogP contribution is -2.52. The van der Waals surface area contributed by atoms with E-state index in [0.29, 0.717) is 0 Å². The molecule has 94 valence electrons. The third-order valence-electron chi connectivity index (χ3n) is 3.23. The van der Waals surface area contributed by atoms with Crippen molar-refractivity contribution in [2.45, 2.75) is 26.3 Å². The molecule has 0 aliphatic carbocycles. The summed E-state index contributed by atoms with van der Waals surface area (Å²) in [5.41, 5.74) is 1.65. The Morgan fingerprint density at radius 1 is 1.65 bits per heavy atom. The van der Waals surface area contributed by atoms with Gasteiger partial charge in [-0.2, -0.15) is 5.10 Å². The van der Waals surface area contributed by atoms with Crippen LogP contribution in [0.25, 0.3) is 0 Å². The van der Waals surface area contributed by atoms with E-state index in [1.165, 1.54) is 0 Å². The van der Waals surface area contributed by atoms with Crippen molar-refractivity contribution in [3.05, 3.63) is 17.5 Å². The van der Waals surface area contributed by atoms with Crippen LogP contribution in [0.5, 0.6) is 0 Å². The van der Waals surface area contributed by atoms with E-state index in [9.17, 15) is 4.79 Å². The highest BCUT2D eigenvalue weighted by atomic mass is 16.2. The summed E-state index contributed by atoms with van der Waals surface area (Å²) in [5.74, 6) is 0.115. The number of carbonyl (C=O) groups excluding carboxylic acids is 1. The van der Waals surface area contributed by atoms with Crippen molar-refractivity contribution in [2.75, 3.05) is 19.6 Å². The second-order valence-corrected chi connectivity index (χ2v) is 4.57. The van der Waals surface area contributed by atoms with Crippen molar-refractivity contribution in [1.82, 2.24) is 20.0 Å². The zero-order valence-electron chi connectivity index (χ0n) is 10.7. The average molecular weight is 236 g/mol. The Morgan fingerprint density at radius 3 is 3.06 bits per heavy atom. The Hall–Kier alpha value is -1.36. The molecule has 17 heavy (non-hydrogen) atoms. The molecular weight excluding hydrogens is 216 g/mol. The quantitative estimate of drug-likeness (QED) is 0.809. The van der Waals surface area contributed by atoms with Gasteiger partial charge in [0.25, 0.3) is 5.91 Å². The van der Waals surface area contributed by atoms with E-state index in [0.717, 1.165) is 37.3 Å². The van der Waals surface area contributed by atoms with Crippen LogP contribution in [0, 0.1) is 0 Å². The van der Waals surface area contributed by atoms with Gasteiger partial charge in [-0.3, -0.25) is 9.48 Å². The molecule has 1 N–H and O–H groups in total. The van der Waals surface area contributed by atoms with Gasteiger partial charge in [-0.15, -0.1) is 0 Å². The summed E-state index contributed by atoms with van der Waals surface area (Å²) in [6, 6.07) is 0.251. The normalized spacial score (nSPS) is 20.6. The van der Waals surface area contributed by atoms with Crippen LogP contribution in [0.15, 0.2) is 6.20 Å². The van der Waals surface area contributed by atoms with Crippen LogP contribution in [0.2, 0.25) is 0 Å². The van der Waals surface area contributed by atoms with E-state index in [1.54, 1.807) is 4.68 Å². The average Bonchev–Trinajstić information content (AvgIpc) is 2.70. The van der Waals surface area contributed by atoms with Crippen molar-refractivity contribution >= 4 is 5.91 Å². The number of rotatable bonds is 2. The minimum Gasteiger partial charge on any atom is -0.333 e. The van der Waals surface area contributed by atoms with Crippen molar-refractivity contribution in [1.29, 1.82) is 0 Å². The molecule has 0 bridgehead atoms. The number of hydrogen-bond acceptors (Lipinski definition) is 3. The summed E-state index contributed by atoms with van der Waals surface area (Å²) < 4.78 is 1.72. The molecule has 1 aliphatic rings. The molecule has 5 nitrogen and oxygen atoms in total. The summed E-state index contributed by atoms with van der Waals surface area (Å²) in [5, 5.41) is 7.61. The van der Waals surface area contributed by atoms with E-state index in [-0.39, 0.29) is 11.9 Å². The third kappa shape index (κ3) is 2.34. The van der Waals surface area contributed by atoms with Crippen molar-refractivity contribution in [3.8, 4) is 0 Å². The lowest BCUT2D eigenvalue weighted by atomic mass is 10.1. The smallest absolute Gasteiger partial charge is 0.257 e. The Labute approximate surface area is 102 Å². The van der Waals surface area contributed by atoms with Gasteiger partial charge < -0.3 is 10.2 Å². The van der Waals surface area contributed by atoms with E-state index < -0.39 is 0 Å². The van der Waals surface area contributed by atoms with Crippen molar-refractivity contribution in [3.63, 3.8) is 0 Å². The van der Waals surface area contributed by atoms with Gasteiger partial charge in [0.2, 0.25) is 0 Å². The summed E-state index contributed by atoms with van der Waals surface area (Å²) in [6.45, 7) is 6.62. The number of aryl methyl sites for hydroxylation is 2. The first-order valence-corrected chi connectivity index (χ1v) is 6.17. The number of aromatic nitrogens is 2. The number of carbonyl (C=O) groups is 1. The minimum absolute atomic E-state index is 0.115. The second-order valence-electron chi connectivity index (χ2n) is 4.57. The predicted octanol–water partition coefficient (Wildman–Crippen LogP) is 0.416. The summed E-state index contributed by atoms with van der Waals surface area (Å²) in [7, 11) is 1.86. The highest BCUT2D eigenvalue weighted by molar-refractivity contribution is 5.95. The number of nitrogens with zero attached hydrogens (tertiary/aromatic N) is 3. The maximum absolute atomic E-state index is 12.4. The molecule has 1 amide bonds.